The lowest BCUT2D eigenvalue weighted by Crippen LogP contribution is -2.35. The van der Waals surface area contributed by atoms with Crippen molar-refractivity contribution in [3.63, 3.8) is 0 Å². The van der Waals surface area contributed by atoms with Crippen LogP contribution in [0.2, 0.25) is 0 Å². The highest BCUT2D eigenvalue weighted by atomic mass is 32.2. The van der Waals surface area contributed by atoms with E-state index in [2.05, 4.69) is 4.98 Å². The summed E-state index contributed by atoms with van der Waals surface area (Å²) in [6.07, 6.45) is -0.645. The largest absolute Gasteiger partial charge is 0.383 e. The fourth-order valence-corrected chi connectivity index (χ4v) is 5.02. The average Bonchev–Trinajstić information content (AvgIpc) is 3.09. The van der Waals surface area contributed by atoms with Gasteiger partial charge in [0.05, 0.1) is 25.1 Å². The van der Waals surface area contributed by atoms with E-state index in [-0.39, 0.29) is 17.7 Å². The van der Waals surface area contributed by atoms with Crippen LogP contribution in [-0.4, -0.2) is 33.7 Å². The van der Waals surface area contributed by atoms with Crippen LogP contribution >= 0.6 is 11.8 Å². The van der Waals surface area contributed by atoms with Crippen LogP contribution in [0.1, 0.15) is 16.5 Å². The summed E-state index contributed by atoms with van der Waals surface area (Å²) < 4.78 is 28.7. The van der Waals surface area contributed by atoms with E-state index < -0.39 is 23.3 Å². The Balaban J connectivity index is 1.48. The summed E-state index contributed by atoms with van der Waals surface area (Å²) in [5.41, 5.74) is 7.00. The molecular weight excluding hydrogens is 417 g/mol. The summed E-state index contributed by atoms with van der Waals surface area (Å²) in [5.74, 6) is 0.110. The molecule has 4 atom stereocenters. The molecule has 0 bridgehead atoms. The van der Waals surface area contributed by atoms with E-state index in [4.69, 9.17) is 15.2 Å². The lowest BCUT2D eigenvalue weighted by molar-refractivity contribution is -0.0262. The molecule has 1 saturated heterocycles. The minimum absolute atomic E-state index is 0.110. The lowest BCUT2D eigenvalue weighted by atomic mass is 10.1. The van der Waals surface area contributed by atoms with Gasteiger partial charge in [-0.05, 0) is 17.2 Å². The number of rotatable bonds is 8. The van der Waals surface area contributed by atoms with E-state index in [1.807, 2.05) is 60.7 Å². The number of halogens is 1. The predicted octanol–water partition coefficient (Wildman–Crippen LogP) is 3.58. The third kappa shape index (κ3) is 5.33. The zero-order valence-corrected chi connectivity index (χ0v) is 17.7. The van der Waals surface area contributed by atoms with Crippen LogP contribution < -0.4 is 11.4 Å². The van der Waals surface area contributed by atoms with Gasteiger partial charge in [-0.3, -0.25) is 4.57 Å². The van der Waals surface area contributed by atoms with E-state index >= 15 is 4.39 Å². The van der Waals surface area contributed by atoms with Crippen LogP contribution in [0.25, 0.3) is 0 Å². The summed E-state index contributed by atoms with van der Waals surface area (Å²) in [4.78, 5) is 16.0. The zero-order valence-electron chi connectivity index (χ0n) is 16.8. The van der Waals surface area contributed by atoms with Crippen molar-refractivity contribution in [1.29, 1.82) is 0 Å². The van der Waals surface area contributed by atoms with Crippen molar-refractivity contribution in [2.75, 3.05) is 12.3 Å². The van der Waals surface area contributed by atoms with Gasteiger partial charge in [0.15, 0.2) is 6.17 Å². The van der Waals surface area contributed by atoms with Gasteiger partial charge in [0.2, 0.25) is 0 Å². The Morgan fingerprint density at radius 1 is 1.00 bits per heavy atom. The van der Waals surface area contributed by atoms with E-state index in [1.165, 1.54) is 28.6 Å². The van der Waals surface area contributed by atoms with Gasteiger partial charge < -0.3 is 15.2 Å². The molecule has 31 heavy (non-hydrogen) atoms. The lowest BCUT2D eigenvalue weighted by Gasteiger charge is -2.21. The summed E-state index contributed by atoms with van der Waals surface area (Å²) >= 11 is 1.33. The molecule has 1 unspecified atom stereocenters. The zero-order chi connectivity index (χ0) is 21.6. The fourth-order valence-electron chi connectivity index (χ4n) is 3.50. The second kappa shape index (κ2) is 10.1. The first-order valence-electron chi connectivity index (χ1n) is 10.0. The second-order valence-corrected chi connectivity index (χ2v) is 8.67. The summed E-state index contributed by atoms with van der Waals surface area (Å²) in [6.45, 7) is 1.00. The number of ether oxygens (including phenoxy) is 2. The molecule has 0 aliphatic carbocycles. The number of hydrogen-bond acceptors (Lipinski definition) is 6. The minimum Gasteiger partial charge on any atom is -0.383 e. The second-order valence-electron chi connectivity index (χ2n) is 7.31. The van der Waals surface area contributed by atoms with Gasteiger partial charge in [0.1, 0.15) is 17.3 Å². The van der Waals surface area contributed by atoms with Crippen LogP contribution in [0.15, 0.2) is 77.7 Å². The van der Waals surface area contributed by atoms with Crippen molar-refractivity contribution in [2.45, 2.75) is 36.1 Å². The third-order valence-corrected chi connectivity index (χ3v) is 6.59. The maximum atomic E-state index is 15.5. The summed E-state index contributed by atoms with van der Waals surface area (Å²) in [7, 11) is 0. The molecule has 0 spiro atoms. The van der Waals surface area contributed by atoms with Gasteiger partial charge in [-0.2, -0.15) is 4.98 Å². The molecule has 162 valence electrons. The summed E-state index contributed by atoms with van der Waals surface area (Å²) in [5, 5.41) is -1.04. The first-order valence-corrected chi connectivity index (χ1v) is 11.0. The predicted molar refractivity (Wildman–Crippen MR) is 119 cm³/mol. The number of thioether (sulfide) groups is 1. The molecule has 0 radical (unpaired) electrons. The van der Waals surface area contributed by atoms with Crippen molar-refractivity contribution >= 4 is 17.6 Å². The topological polar surface area (TPSA) is 79.4 Å². The van der Waals surface area contributed by atoms with Gasteiger partial charge >= 0.3 is 5.69 Å². The first kappa shape index (κ1) is 21.5. The van der Waals surface area contributed by atoms with Gasteiger partial charge in [-0.1, -0.05) is 60.7 Å². The van der Waals surface area contributed by atoms with Gasteiger partial charge in [0, 0.05) is 6.20 Å². The Morgan fingerprint density at radius 3 is 2.29 bits per heavy atom. The highest BCUT2D eigenvalue weighted by Crippen LogP contribution is 2.45. The van der Waals surface area contributed by atoms with Crippen LogP contribution in [0.3, 0.4) is 0 Å². The molecular formula is C23H24FN3O3S. The summed E-state index contributed by atoms with van der Waals surface area (Å²) in [6, 6.07) is 20.9. The quantitative estimate of drug-likeness (QED) is 0.576. The molecule has 0 amide bonds. The van der Waals surface area contributed by atoms with Crippen LogP contribution in [0.4, 0.5) is 10.2 Å². The van der Waals surface area contributed by atoms with Crippen molar-refractivity contribution in [1.82, 2.24) is 9.55 Å². The minimum atomic E-state index is -1.40. The molecule has 2 N–H and O–H groups in total. The first-order chi connectivity index (χ1) is 15.1. The molecule has 1 aliphatic rings. The highest BCUT2D eigenvalue weighted by molar-refractivity contribution is 8.00. The normalized spacial score (nSPS) is 23.1. The molecule has 6 nitrogen and oxygen atoms in total. The molecule has 8 heteroatoms. The standard InChI is InChI=1S/C23H24FN3O3S/c24-20-21(30-14-17-9-5-2-6-10-17)18(15-29-13-16-7-3-1-4-8-16)31-22(20)27-12-11-19(25)26-23(27)28/h1-12,18,20-22H,13-15H2,(H2,25,26,28)/t18-,20+,21-,22?/m0/s1. The van der Waals surface area contributed by atoms with E-state index in [0.717, 1.165) is 11.1 Å². The molecule has 1 fully saturated rings. The number of hydrogen-bond donors (Lipinski definition) is 1. The number of alkyl halides is 1. The Labute approximate surface area is 184 Å². The average molecular weight is 442 g/mol. The maximum absolute atomic E-state index is 15.5. The van der Waals surface area contributed by atoms with E-state index in [0.29, 0.717) is 13.2 Å². The molecule has 2 aromatic carbocycles. The van der Waals surface area contributed by atoms with E-state index in [1.54, 1.807) is 0 Å². The molecule has 2 heterocycles. The molecule has 3 aromatic rings. The number of nitrogen functional groups attached to an aromatic ring is 1. The van der Waals surface area contributed by atoms with Crippen LogP contribution in [0.5, 0.6) is 0 Å². The number of nitrogens with two attached hydrogens (primary N) is 1. The van der Waals surface area contributed by atoms with Crippen molar-refractivity contribution in [2.24, 2.45) is 0 Å². The van der Waals surface area contributed by atoms with Crippen LogP contribution in [-0.2, 0) is 22.7 Å². The monoisotopic (exact) mass is 441 g/mol. The van der Waals surface area contributed by atoms with Gasteiger partial charge in [-0.15, -0.1) is 11.8 Å². The Morgan fingerprint density at radius 2 is 1.65 bits per heavy atom. The third-order valence-electron chi connectivity index (χ3n) is 5.07. The molecule has 1 aliphatic heterocycles. The van der Waals surface area contributed by atoms with Gasteiger partial charge in [-0.25, -0.2) is 9.18 Å². The Hall–Kier alpha value is -2.68. The molecule has 0 saturated carbocycles. The maximum Gasteiger partial charge on any atom is 0.350 e. The van der Waals surface area contributed by atoms with Crippen molar-refractivity contribution in [3.05, 3.63) is 94.5 Å². The number of nitrogens with zero attached hydrogens (tertiary/aromatic N) is 2. The molecule has 1 aromatic heterocycles. The molecule has 4 rings (SSSR count). The Kier molecular flexibility index (Phi) is 7.01. The van der Waals surface area contributed by atoms with Crippen molar-refractivity contribution < 1.29 is 13.9 Å². The highest BCUT2D eigenvalue weighted by Gasteiger charge is 2.47. The number of aromatic nitrogens is 2. The van der Waals surface area contributed by atoms with Crippen LogP contribution in [0, 0.1) is 0 Å². The number of benzene rings is 2. The SMILES string of the molecule is Nc1ccn(C2S[C@@H](COCc3ccccc3)[C@H](OCc3ccccc3)[C@H]2F)c(=O)n1. The Bertz CT molecular complexity index is 1030. The fraction of sp³-hybridized carbons (Fsp3) is 0.304. The van der Waals surface area contributed by atoms with E-state index in [9.17, 15) is 4.79 Å². The smallest absolute Gasteiger partial charge is 0.350 e. The van der Waals surface area contributed by atoms with Gasteiger partial charge in [0.25, 0.3) is 0 Å². The number of anilines is 1. The van der Waals surface area contributed by atoms with Crippen molar-refractivity contribution in [3.8, 4) is 0 Å².